The van der Waals surface area contributed by atoms with Gasteiger partial charge >= 0.3 is 0 Å². The Morgan fingerprint density at radius 1 is 0.679 bits per heavy atom. The van der Waals surface area contributed by atoms with Crippen LogP contribution in [0.5, 0.6) is 11.5 Å². The molecule has 2 aliphatic carbocycles. The first-order valence-electron chi connectivity index (χ1n) is 10.4. The molecule has 2 aliphatic rings. The van der Waals surface area contributed by atoms with Crippen molar-refractivity contribution in [2.24, 2.45) is 11.8 Å². The normalized spacial score (nSPS) is 23.0. The largest absolute Gasteiger partial charge is 0.496 e. The van der Waals surface area contributed by atoms with Crippen LogP contribution in [0.15, 0.2) is 12.1 Å². The predicted molar refractivity (Wildman–Crippen MR) is 117 cm³/mol. The average Bonchev–Trinajstić information content (AvgIpc) is 3.18. The maximum atomic E-state index is 5.73. The van der Waals surface area contributed by atoms with Gasteiger partial charge in [0, 0.05) is 0 Å². The summed E-state index contributed by atoms with van der Waals surface area (Å²) in [5, 5.41) is 0. The Bertz CT molecular complexity index is 929. The molecule has 2 nitrogen and oxygen atoms in total. The summed E-state index contributed by atoms with van der Waals surface area (Å²) in [6, 6.07) is 4.41. The zero-order valence-electron chi connectivity index (χ0n) is 18.5. The van der Waals surface area contributed by atoms with Crippen molar-refractivity contribution >= 4 is 11.1 Å². The molecule has 2 unspecified atom stereocenters. The molecular weight excluding hydrogens is 344 g/mol. The van der Waals surface area contributed by atoms with Gasteiger partial charge < -0.3 is 9.47 Å². The molecule has 4 rings (SSSR count). The summed E-state index contributed by atoms with van der Waals surface area (Å²) >= 11 is 0. The van der Waals surface area contributed by atoms with E-state index in [9.17, 15) is 0 Å². The molecule has 0 saturated carbocycles. The molecule has 0 heterocycles. The van der Waals surface area contributed by atoms with Crippen molar-refractivity contribution in [2.45, 2.75) is 54.4 Å². The molecule has 0 aliphatic heterocycles. The fourth-order valence-electron chi connectivity index (χ4n) is 5.67. The topological polar surface area (TPSA) is 18.5 Å². The van der Waals surface area contributed by atoms with E-state index >= 15 is 0 Å². The third-order valence-electron chi connectivity index (χ3n) is 7.01. The van der Waals surface area contributed by atoms with Crippen LogP contribution in [0, 0.1) is 39.5 Å². The van der Waals surface area contributed by atoms with Gasteiger partial charge in [-0.2, -0.15) is 0 Å². The smallest absolute Gasteiger partial charge is 0.122 e. The summed E-state index contributed by atoms with van der Waals surface area (Å²) < 4.78 is 11.5. The van der Waals surface area contributed by atoms with Crippen molar-refractivity contribution in [1.82, 2.24) is 0 Å². The molecule has 0 fully saturated rings. The van der Waals surface area contributed by atoms with Crippen molar-refractivity contribution < 1.29 is 9.47 Å². The highest BCUT2D eigenvalue weighted by atomic mass is 16.5. The van der Waals surface area contributed by atoms with Crippen LogP contribution < -0.4 is 9.47 Å². The Kier molecular flexibility index (Phi) is 4.56. The standard InChI is InChI=1S/C26H32O2/c1-13-11-21(27-7)17(5)25-19(13)9-15(3)23(25)24-16(4)10-20-14(2)12-22(28-8)18(6)26(20)24/h11-12,15-16H,9-10H2,1-8H3/b24-23+. The Balaban J connectivity index is 2.09. The van der Waals surface area contributed by atoms with Crippen LogP contribution in [-0.2, 0) is 12.8 Å². The van der Waals surface area contributed by atoms with E-state index in [1.807, 2.05) is 0 Å². The molecule has 2 heteroatoms. The van der Waals surface area contributed by atoms with E-state index in [1.165, 1.54) is 55.7 Å². The van der Waals surface area contributed by atoms with E-state index < -0.39 is 0 Å². The molecule has 2 aromatic rings. The zero-order chi connectivity index (χ0) is 20.3. The highest BCUT2D eigenvalue weighted by molar-refractivity contribution is 6.00. The first kappa shape index (κ1) is 19.1. The summed E-state index contributed by atoms with van der Waals surface area (Å²) in [4.78, 5) is 0. The summed E-state index contributed by atoms with van der Waals surface area (Å²) in [6.07, 6.45) is 2.24. The zero-order valence-corrected chi connectivity index (χ0v) is 18.5. The molecule has 0 spiro atoms. The summed E-state index contributed by atoms with van der Waals surface area (Å²) in [6.45, 7) is 13.7. The first-order valence-corrected chi connectivity index (χ1v) is 10.4. The van der Waals surface area contributed by atoms with Crippen molar-refractivity contribution in [3.05, 3.63) is 56.6 Å². The predicted octanol–water partition coefficient (Wildman–Crippen LogP) is 6.23. The number of hydrogen-bond donors (Lipinski definition) is 0. The molecule has 0 amide bonds. The Labute approximate surface area is 169 Å². The van der Waals surface area contributed by atoms with Gasteiger partial charge in [0.05, 0.1) is 14.2 Å². The molecule has 2 aromatic carbocycles. The van der Waals surface area contributed by atoms with Gasteiger partial charge in [0.25, 0.3) is 0 Å². The maximum absolute atomic E-state index is 5.73. The summed E-state index contributed by atoms with van der Waals surface area (Å²) in [7, 11) is 3.57. The lowest BCUT2D eigenvalue weighted by molar-refractivity contribution is 0.411. The van der Waals surface area contributed by atoms with Crippen molar-refractivity contribution in [2.75, 3.05) is 14.2 Å². The van der Waals surface area contributed by atoms with Gasteiger partial charge in [-0.1, -0.05) is 13.8 Å². The van der Waals surface area contributed by atoms with Crippen molar-refractivity contribution in [3.8, 4) is 11.5 Å². The number of ether oxygens (including phenoxy) is 2. The molecule has 0 aromatic heterocycles. The Morgan fingerprint density at radius 2 is 1.04 bits per heavy atom. The number of hydrogen-bond acceptors (Lipinski definition) is 2. The van der Waals surface area contributed by atoms with E-state index in [4.69, 9.17) is 9.47 Å². The lowest BCUT2D eigenvalue weighted by atomic mass is 9.85. The van der Waals surface area contributed by atoms with Crippen LogP contribution in [0.2, 0.25) is 0 Å². The summed E-state index contributed by atoms with van der Waals surface area (Å²) in [5.41, 5.74) is 14.2. The van der Waals surface area contributed by atoms with Crippen LogP contribution in [0.25, 0.3) is 11.1 Å². The summed E-state index contributed by atoms with van der Waals surface area (Å²) in [5.74, 6) is 3.06. The fourth-order valence-corrected chi connectivity index (χ4v) is 5.67. The van der Waals surface area contributed by atoms with Gasteiger partial charge in [-0.25, -0.2) is 0 Å². The van der Waals surface area contributed by atoms with E-state index in [0.29, 0.717) is 11.8 Å². The number of benzene rings is 2. The highest BCUT2D eigenvalue weighted by Crippen LogP contribution is 2.53. The van der Waals surface area contributed by atoms with Crippen LogP contribution in [0.3, 0.4) is 0 Å². The third kappa shape index (κ3) is 2.53. The van der Waals surface area contributed by atoms with Crippen LogP contribution in [0.1, 0.15) is 58.4 Å². The van der Waals surface area contributed by atoms with E-state index in [2.05, 4.69) is 53.7 Å². The number of fused-ring (bicyclic) bond motifs is 2. The number of rotatable bonds is 2. The van der Waals surface area contributed by atoms with Gasteiger partial charge in [0.15, 0.2) is 0 Å². The van der Waals surface area contributed by atoms with E-state index in [0.717, 1.165) is 24.3 Å². The fraction of sp³-hybridized carbons (Fsp3) is 0.462. The van der Waals surface area contributed by atoms with Crippen LogP contribution >= 0.6 is 0 Å². The van der Waals surface area contributed by atoms with E-state index in [-0.39, 0.29) is 0 Å². The second-order valence-electron chi connectivity index (χ2n) is 8.79. The lowest BCUT2D eigenvalue weighted by Gasteiger charge is -2.21. The number of methoxy groups -OCH3 is 2. The number of aryl methyl sites for hydroxylation is 2. The first-order chi connectivity index (χ1) is 13.3. The monoisotopic (exact) mass is 376 g/mol. The van der Waals surface area contributed by atoms with Crippen molar-refractivity contribution in [3.63, 3.8) is 0 Å². The van der Waals surface area contributed by atoms with Gasteiger partial charge in [0.1, 0.15) is 11.5 Å². The van der Waals surface area contributed by atoms with Crippen molar-refractivity contribution in [1.29, 1.82) is 0 Å². The third-order valence-corrected chi connectivity index (χ3v) is 7.01. The molecule has 28 heavy (non-hydrogen) atoms. The Morgan fingerprint density at radius 3 is 1.36 bits per heavy atom. The van der Waals surface area contributed by atoms with Gasteiger partial charge in [0.2, 0.25) is 0 Å². The average molecular weight is 377 g/mol. The molecule has 0 bridgehead atoms. The van der Waals surface area contributed by atoms with Gasteiger partial charge in [-0.15, -0.1) is 0 Å². The minimum Gasteiger partial charge on any atom is -0.496 e. The van der Waals surface area contributed by atoms with Gasteiger partial charge in [-0.05, 0) is 120 Å². The minimum atomic E-state index is 0.522. The molecule has 0 saturated heterocycles. The second-order valence-corrected chi connectivity index (χ2v) is 8.79. The maximum Gasteiger partial charge on any atom is 0.122 e. The van der Waals surface area contributed by atoms with Crippen LogP contribution in [-0.4, -0.2) is 14.2 Å². The van der Waals surface area contributed by atoms with Crippen LogP contribution in [0.4, 0.5) is 0 Å². The molecule has 2 atom stereocenters. The molecule has 148 valence electrons. The highest BCUT2D eigenvalue weighted by Gasteiger charge is 2.37. The lowest BCUT2D eigenvalue weighted by Crippen LogP contribution is -2.03. The molecule has 0 radical (unpaired) electrons. The molecule has 0 N–H and O–H groups in total. The second kappa shape index (κ2) is 6.69. The quantitative estimate of drug-likeness (QED) is 0.618. The van der Waals surface area contributed by atoms with Gasteiger partial charge in [-0.3, -0.25) is 0 Å². The SMILES string of the molecule is COc1cc(C)c2c(c1C)/C(=C1/c3c(C)c(OC)cc(C)c3CC1C)C(C)C2. The number of allylic oxidation sites excluding steroid dienone is 2. The molecular formula is C26H32O2. The Hall–Kier alpha value is -2.22. The van der Waals surface area contributed by atoms with E-state index in [1.54, 1.807) is 14.2 Å². The minimum absolute atomic E-state index is 0.522.